The lowest BCUT2D eigenvalue weighted by atomic mass is 10.0. The first kappa shape index (κ1) is 13.5. The Morgan fingerprint density at radius 3 is 2.21 bits per heavy atom. The summed E-state index contributed by atoms with van der Waals surface area (Å²) in [5.41, 5.74) is 9.46. The average Bonchev–Trinajstić information content (AvgIpc) is 2.26. The molecule has 0 bridgehead atoms. The van der Waals surface area contributed by atoms with Crippen LogP contribution in [-0.4, -0.2) is 15.0 Å². The lowest BCUT2D eigenvalue weighted by Gasteiger charge is -2.08. The molecule has 0 saturated heterocycles. The largest absolute Gasteiger partial charge is 0.368 e. The van der Waals surface area contributed by atoms with E-state index in [1.807, 2.05) is 0 Å². The standard InChI is InChI=1S/C15H20N4/c1-9(2)14-17-13(18-15(16)19-14)8-12-6-10(3)5-11(4)7-12/h5-7,9H,8H2,1-4H3,(H2,16,17,18,19). The molecule has 0 radical (unpaired) electrons. The lowest BCUT2D eigenvalue weighted by Crippen LogP contribution is -2.09. The Labute approximate surface area is 114 Å². The molecule has 0 aliphatic carbocycles. The SMILES string of the molecule is Cc1cc(C)cc(Cc2nc(N)nc(C(C)C)n2)c1. The number of nitrogen functional groups attached to an aromatic ring is 1. The van der Waals surface area contributed by atoms with E-state index < -0.39 is 0 Å². The van der Waals surface area contributed by atoms with Crippen molar-refractivity contribution in [1.82, 2.24) is 15.0 Å². The molecule has 1 heterocycles. The quantitative estimate of drug-likeness (QED) is 0.917. The van der Waals surface area contributed by atoms with E-state index in [-0.39, 0.29) is 5.92 Å². The maximum atomic E-state index is 5.75. The van der Waals surface area contributed by atoms with Gasteiger partial charge in [-0.25, -0.2) is 4.98 Å². The van der Waals surface area contributed by atoms with E-state index in [1.165, 1.54) is 16.7 Å². The van der Waals surface area contributed by atoms with Gasteiger partial charge in [-0.2, -0.15) is 9.97 Å². The van der Waals surface area contributed by atoms with Crippen molar-refractivity contribution in [3.63, 3.8) is 0 Å². The zero-order chi connectivity index (χ0) is 14.0. The molecule has 0 fully saturated rings. The molecule has 4 heteroatoms. The fourth-order valence-corrected chi connectivity index (χ4v) is 2.15. The van der Waals surface area contributed by atoms with Gasteiger partial charge in [0, 0.05) is 12.3 Å². The molecule has 1 aromatic carbocycles. The first-order valence-corrected chi connectivity index (χ1v) is 6.51. The van der Waals surface area contributed by atoms with Gasteiger partial charge in [-0.15, -0.1) is 0 Å². The summed E-state index contributed by atoms with van der Waals surface area (Å²) in [7, 11) is 0. The van der Waals surface area contributed by atoms with Crippen LogP contribution in [0.15, 0.2) is 18.2 Å². The van der Waals surface area contributed by atoms with Gasteiger partial charge in [0.15, 0.2) is 0 Å². The fourth-order valence-electron chi connectivity index (χ4n) is 2.15. The van der Waals surface area contributed by atoms with Crippen LogP contribution in [0.1, 0.15) is 48.1 Å². The van der Waals surface area contributed by atoms with E-state index in [9.17, 15) is 0 Å². The molecule has 4 nitrogen and oxygen atoms in total. The minimum absolute atomic E-state index is 0.253. The predicted molar refractivity (Wildman–Crippen MR) is 77.1 cm³/mol. The maximum absolute atomic E-state index is 5.75. The molecule has 100 valence electrons. The van der Waals surface area contributed by atoms with Gasteiger partial charge in [0.05, 0.1) is 0 Å². The van der Waals surface area contributed by atoms with Crippen LogP contribution < -0.4 is 5.73 Å². The molecule has 0 spiro atoms. The van der Waals surface area contributed by atoms with E-state index in [1.54, 1.807) is 0 Å². The number of hydrogen-bond donors (Lipinski definition) is 1. The van der Waals surface area contributed by atoms with Crippen LogP contribution in [0.25, 0.3) is 0 Å². The summed E-state index contributed by atoms with van der Waals surface area (Å²) < 4.78 is 0. The zero-order valence-corrected chi connectivity index (χ0v) is 11.9. The molecule has 0 amide bonds. The number of aryl methyl sites for hydroxylation is 2. The van der Waals surface area contributed by atoms with Crippen molar-refractivity contribution < 1.29 is 0 Å². The predicted octanol–water partition coefficient (Wildman–Crippen LogP) is 2.78. The van der Waals surface area contributed by atoms with Crippen molar-refractivity contribution in [1.29, 1.82) is 0 Å². The van der Waals surface area contributed by atoms with Gasteiger partial charge in [0.1, 0.15) is 11.6 Å². The van der Waals surface area contributed by atoms with E-state index in [0.29, 0.717) is 12.4 Å². The molecule has 2 rings (SSSR count). The van der Waals surface area contributed by atoms with Gasteiger partial charge in [-0.1, -0.05) is 43.2 Å². The van der Waals surface area contributed by atoms with Gasteiger partial charge < -0.3 is 5.73 Å². The molecule has 2 aromatic rings. The summed E-state index contributed by atoms with van der Waals surface area (Å²) in [6, 6.07) is 6.47. The second-order valence-corrected chi connectivity index (χ2v) is 5.30. The third-order valence-electron chi connectivity index (χ3n) is 2.88. The van der Waals surface area contributed by atoms with Gasteiger partial charge in [-0.3, -0.25) is 0 Å². The van der Waals surface area contributed by atoms with Crippen LogP contribution in [0.2, 0.25) is 0 Å². The Balaban J connectivity index is 2.32. The average molecular weight is 256 g/mol. The number of rotatable bonds is 3. The van der Waals surface area contributed by atoms with Crippen LogP contribution in [-0.2, 0) is 6.42 Å². The maximum Gasteiger partial charge on any atom is 0.223 e. The van der Waals surface area contributed by atoms with Gasteiger partial charge in [0.2, 0.25) is 5.95 Å². The lowest BCUT2D eigenvalue weighted by molar-refractivity contribution is 0.743. The molecule has 19 heavy (non-hydrogen) atoms. The molecular formula is C15H20N4. The van der Waals surface area contributed by atoms with Gasteiger partial charge in [0.25, 0.3) is 0 Å². The van der Waals surface area contributed by atoms with Crippen LogP contribution in [0.4, 0.5) is 5.95 Å². The van der Waals surface area contributed by atoms with Crippen LogP contribution in [0.5, 0.6) is 0 Å². The number of hydrogen-bond acceptors (Lipinski definition) is 4. The second-order valence-electron chi connectivity index (χ2n) is 5.30. The summed E-state index contributed by atoms with van der Waals surface area (Å²) in [6.45, 7) is 8.29. The van der Waals surface area contributed by atoms with E-state index in [2.05, 4.69) is 60.8 Å². The summed E-state index contributed by atoms with van der Waals surface area (Å²) >= 11 is 0. The Kier molecular flexibility index (Phi) is 3.79. The minimum Gasteiger partial charge on any atom is -0.368 e. The van der Waals surface area contributed by atoms with Crippen molar-refractivity contribution in [3.8, 4) is 0 Å². The number of benzene rings is 1. The zero-order valence-electron chi connectivity index (χ0n) is 11.9. The highest BCUT2D eigenvalue weighted by molar-refractivity contribution is 5.31. The third kappa shape index (κ3) is 3.50. The molecule has 0 atom stereocenters. The van der Waals surface area contributed by atoms with Crippen molar-refractivity contribution in [2.45, 2.75) is 40.0 Å². The topological polar surface area (TPSA) is 64.7 Å². The first-order valence-electron chi connectivity index (χ1n) is 6.51. The van der Waals surface area contributed by atoms with Crippen LogP contribution in [0, 0.1) is 13.8 Å². The summed E-state index contributed by atoms with van der Waals surface area (Å²) in [5, 5.41) is 0. The molecule has 0 saturated carbocycles. The number of nitrogens with two attached hydrogens (primary N) is 1. The second kappa shape index (κ2) is 5.34. The molecule has 1 aromatic heterocycles. The van der Waals surface area contributed by atoms with Crippen molar-refractivity contribution in [2.75, 3.05) is 5.73 Å². The number of nitrogens with zero attached hydrogens (tertiary/aromatic N) is 3. The Hall–Kier alpha value is -1.97. The van der Waals surface area contributed by atoms with E-state index >= 15 is 0 Å². The molecule has 2 N–H and O–H groups in total. The van der Waals surface area contributed by atoms with Crippen molar-refractivity contribution in [3.05, 3.63) is 46.5 Å². The summed E-state index contributed by atoms with van der Waals surface area (Å²) in [4.78, 5) is 12.9. The Morgan fingerprint density at radius 2 is 1.63 bits per heavy atom. The summed E-state index contributed by atoms with van der Waals surface area (Å²) in [6.07, 6.45) is 0.689. The first-order chi connectivity index (χ1) is 8.94. The third-order valence-corrected chi connectivity index (χ3v) is 2.88. The van der Waals surface area contributed by atoms with Crippen molar-refractivity contribution >= 4 is 5.95 Å². The van der Waals surface area contributed by atoms with Crippen LogP contribution >= 0.6 is 0 Å². The van der Waals surface area contributed by atoms with E-state index in [4.69, 9.17) is 5.73 Å². The van der Waals surface area contributed by atoms with E-state index in [0.717, 1.165) is 11.6 Å². The number of aromatic nitrogens is 3. The molecule has 0 unspecified atom stereocenters. The summed E-state index contributed by atoms with van der Waals surface area (Å²) in [5.74, 6) is 2.05. The van der Waals surface area contributed by atoms with Crippen molar-refractivity contribution in [2.24, 2.45) is 0 Å². The molecule has 0 aliphatic rings. The minimum atomic E-state index is 0.253. The monoisotopic (exact) mass is 256 g/mol. The normalized spacial score (nSPS) is 11.0. The Bertz CT molecular complexity index is 570. The van der Waals surface area contributed by atoms with Crippen LogP contribution in [0.3, 0.4) is 0 Å². The molecule has 0 aliphatic heterocycles. The highest BCUT2D eigenvalue weighted by atomic mass is 15.1. The van der Waals surface area contributed by atoms with Gasteiger partial charge >= 0.3 is 0 Å². The van der Waals surface area contributed by atoms with Gasteiger partial charge in [-0.05, 0) is 19.4 Å². The highest BCUT2D eigenvalue weighted by Crippen LogP contribution is 2.14. The Morgan fingerprint density at radius 1 is 1.00 bits per heavy atom. The fraction of sp³-hybridized carbons (Fsp3) is 0.400. The highest BCUT2D eigenvalue weighted by Gasteiger charge is 2.09. The molecular weight excluding hydrogens is 236 g/mol. The number of anilines is 1. The smallest absolute Gasteiger partial charge is 0.223 e.